The van der Waals surface area contributed by atoms with Crippen LogP contribution in [0.3, 0.4) is 0 Å². The van der Waals surface area contributed by atoms with Crippen molar-refractivity contribution in [1.82, 2.24) is 9.78 Å². The molecule has 3 aromatic rings. The van der Waals surface area contributed by atoms with Crippen molar-refractivity contribution in [2.75, 3.05) is 0 Å². The van der Waals surface area contributed by atoms with Gasteiger partial charge in [0.05, 0.1) is 26.7 Å². The summed E-state index contributed by atoms with van der Waals surface area (Å²) < 4.78 is 8.32. The molecule has 0 atom stereocenters. The standard InChI is InChI=1S/C21H19BrCl2N2O2S/c1-12-18(29-15-8-6-14(23)7-9-15)19(26(25-12)21(2,3)4)28-20(27)16-11-13(22)5-10-17(16)24/h5-11H,1-4H3. The molecule has 152 valence electrons. The molecule has 0 unspecified atom stereocenters. The van der Waals surface area contributed by atoms with Gasteiger partial charge in [0.2, 0.25) is 5.88 Å². The molecule has 3 rings (SSSR count). The second-order valence-corrected chi connectivity index (χ2v) is 10.2. The first-order valence-corrected chi connectivity index (χ1v) is 11.1. The van der Waals surface area contributed by atoms with Crippen LogP contribution in [0, 0.1) is 6.92 Å². The fraction of sp³-hybridized carbons (Fsp3) is 0.238. The highest BCUT2D eigenvalue weighted by Gasteiger charge is 2.28. The highest BCUT2D eigenvalue weighted by molar-refractivity contribution is 9.10. The van der Waals surface area contributed by atoms with Gasteiger partial charge in [-0.15, -0.1) is 0 Å². The molecule has 0 fully saturated rings. The van der Waals surface area contributed by atoms with E-state index in [2.05, 4.69) is 21.0 Å². The van der Waals surface area contributed by atoms with Crippen molar-refractivity contribution in [3.05, 3.63) is 68.2 Å². The molecule has 2 aromatic carbocycles. The van der Waals surface area contributed by atoms with E-state index in [-0.39, 0.29) is 11.1 Å². The van der Waals surface area contributed by atoms with Gasteiger partial charge in [0, 0.05) is 14.4 Å². The van der Waals surface area contributed by atoms with Gasteiger partial charge in [-0.3, -0.25) is 0 Å². The SMILES string of the molecule is Cc1nn(C(C)(C)C)c(OC(=O)c2cc(Br)ccc2Cl)c1Sc1ccc(Cl)cc1. The van der Waals surface area contributed by atoms with Gasteiger partial charge in [0.15, 0.2) is 0 Å². The van der Waals surface area contributed by atoms with Crippen LogP contribution in [0.5, 0.6) is 5.88 Å². The second-order valence-electron chi connectivity index (χ2n) is 7.37. The average molecular weight is 514 g/mol. The van der Waals surface area contributed by atoms with Crippen molar-refractivity contribution in [2.24, 2.45) is 0 Å². The van der Waals surface area contributed by atoms with E-state index < -0.39 is 5.97 Å². The highest BCUT2D eigenvalue weighted by Crippen LogP contribution is 2.40. The second kappa shape index (κ2) is 8.72. The number of hydrogen-bond donors (Lipinski definition) is 0. The molecule has 0 aliphatic carbocycles. The summed E-state index contributed by atoms with van der Waals surface area (Å²) in [6.07, 6.45) is 0. The van der Waals surface area contributed by atoms with Crippen molar-refractivity contribution in [3.8, 4) is 5.88 Å². The maximum Gasteiger partial charge on any atom is 0.346 e. The molecule has 0 bridgehead atoms. The van der Waals surface area contributed by atoms with Crippen molar-refractivity contribution in [3.63, 3.8) is 0 Å². The number of nitrogens with zero attached hydrogens (tertiary/aromatic N) is 2. The van der Waals surface area contributed by atoms with Crippen molar-refractivity contribution in [2.45, 2.75) is 43.0 Å². The predicted octanol–water partition coefficient (Wildman–Crippen LogP) is 7.39. The fourth-order valence-electron chi connectivity index (χ4n) is 2.57. The first-order valence-electron chi connectivity index (χ1n) is 8.77. The maximum absolute atomic E-state index is 12.9. The van der Waals surface area contributed by atoms with E-state index in [0.29, 0.717) is 15.9 Å². The third-order valence-corrected chi connectivity index (χ3v) is 6.23. The van der Waals surface area contributed by atoms with E-state index in [4.69, 9.17) is 27.9 Å². The van der Waals surface area contributed by atoms with E-state index in [9.17, 15) is 4.79 Å². The molecule has 8 heteroatoms. The highest BCUT2D eigenvalue weighted by atomic mass is 79.9. The number of ether oxygens (including phenoxy) is 1. The Morgan fingerprint density at radius 2 is 1.79 bits per heavy atom. The Morgan fingerprint density at radius 3 is 2.41 bits per heavy atom. The summed E-state index contributed by atoms with van der Waals surface area (Å²) >= 11 is 17.0. The minimum atomic E-state index is -0.542. The largest absolute Gasteiger partial charge is 0.403 e. The Balaban J connectivity index is 2.04. The van der Waals surface area contributed by atoms with Crippen molar-refractivity contribution in [1.29, 1.82) is 0 Å². The summed E-state index contributed by atoms with van der Waals surface area (Å²) in [4.78, 5) is 14.7. The van der Waals surface area contributed by atoms with Gasteiger partial charge in [-0.05, 0) is 70.2 Å². The van der Waals surface area contributed by atoms with Gasteiger partial charge < -0.3 is 4.74 Å². The van der Waals surface area contributed by atoms with Gasteiger partial charge in [-0.25, -0.2) is 9.48 Å². The van der Waals surface area contributed by atoms with Crippen LogP contribution in [-0.4, -0.2) is 15.7 Å². The molecule has 0 saturated heterocycles. The molecule has 0 aliphatic heterocycles. The lowest BCUT2D eigenvalue weighted by atomic mass is 10.1. The molecule has 29 heavy (non-hydrogen) atoms. The first-order chi connectivity index (χ1) is 13.6. The Hall–Kier alpha value is -1.47. The molecule has 0 radical (unpaired) electrons. The summed E-state index contributed by atoms with van der Waals surface area (Å²) in [5.41, 5.74) is 0.658. The van der Waals surface area contributed by atoms with Gasteiger partial charge in [-0.1, -0.05) is 50.9 Å². The lowest BCUT2D eigenvalue weighted by Crippen LogP contribution is -2.25. The molecule has 0 N–H and O–H groups in total. The van der Waals surface area contributed by atoms with E-state index in [1.165, 1.54) is 11.8 Å². The molecule has 1 aromatic heterocycles. The van der Waals surface area contributed by atoms with Crippen LogP contribution in [0.25, 0.3) is 0 Å². The van der Waals surface area contributed by atoms with Crippen LogP contribution in [0.4, 0.5) is 0 Å². The van der Waals surface area contributed by atoms with Gasteiger partial charge in [0.1, 0.15) is 0 Å². The molecule has 1 heterocycles. The zero-order chi connectivity index (χ0) is 21.3. The van der Waals surface area contributed by atoms with Crippen LogP contribution in [0.1, 0.15) is 36.8 Å². The van der Waals surface area contributed by atoms with Crippen LogP contribution in [0.15, 0.2) is 56.7 Å². The Bertz CT molecular complexity index is 1060. The third-order valence-electron chi connectivity index (χ3n) is 3.97. The normalized spacial score (nSPS) is 11.6. The van der Waals surface area contributed by atoms with Crippen LogP contribution < -0.4 is 4.74 Å². The summed E-state index contributed by atoms with van der Waals surface area (Å²) in [5, 5.41) is 5.62. The number of rotatable bonds is 4. The zero-order valence-corrected chi connectivity index (χ0v) is 20.2. The zero-order valence-electron chi connectivity index (χ0n) is 16.3. The maximum atomic E-state index is 12.9. The van der Waals surface area contributed by atoms with E-state index in [0.717, 1.165) is 20.0 Å². The first kappa shape index (κ1) is 22.2. The number of aromatic nitrogens is 2. The monoisotopic (exact) mass is 512 g/mol. The number of esters is 1. The summed E-state index contributed by atoms with van der Waals surface area (Å²) in [7, 11) is 0. The van der Waals surface area contributed by atoms with Crippen molar-refractivity contribution >= 4 is 56.9 Å². The third kappa shape index (κ3) is 5.18. The Labute approximate surface area is 192 Å². The van der Waals surface area contributed by atoms with E-state index >= 15 is 0 Å². The molecule has 0 aliphatic rings. The van der Waals surface area contributed by atoms with Gasteiger partial charge in [0.25, 0.3) is 0 Å². The molecular formula is C21H19BrCl2N2O2S. The van der Waals surface area contributed by atoms with Crippen LogP contribution >= 0.6 is 50.9 Å². The summed E-state index contributed by atoms with van der Waals surface area (Å²) in [5.74, 6) is -0.157. The average Bonchev–Trinajstić information content (AvgIpc) is 2.95. The van der Waals surface area contributed by atoms with Crippen molar-refractivity contribution < 1.29 is 9.53 Å². The fourth-order valence-corrected chi connectivity index (χ4v) is 4.16. The van der Waals surface area contributed by atoms with Gasteiger partial charge in [-0.2, -0.15) is 5.10 Å². The number of carbonyl (C=O) groups excluding carboxylic acids is 1. The Kier molecular flexibility index (Phi) is 6.68. The predicted molar refractivity (Wildman–Crippen MR) is 122 cm³/mol. The molecular weight excluding hydrogens is 495 g/mol. The number of carbonyl (C=O) groups is 1. The minimum absolute atomic E-state index is 0.280. The molecule has 0 spiro atoms. The smallest absolute Gasteiger partial charge is 0.346 e. The quantitative estimate of drug-likeness (QED) is 0.341. The molecule has 0 amide bonds. The van der Waals surface area contributed by atoms with E-state index in [1.54, 1.807) is 22.9 Å². The summed E-state index contributed by atoms with van der Waals surface area (Å²) in [6, 6.07) is 12.5. The number of hydrogen-bond acceptors (Lipinski definition) is 4. The molecule has 4 nitrogen and oxygen atoms in total. The van der Waals surface area contributed by atoms with E-state index in [1.807, 2.05) is 52.0 Å². The number of benzene rings is 2. The topological polar surface area (TPSA) is 44.1 Å². The van der Waals surface area contributed by atoms with Gasteiger partial charge >= 0.3 is 5.97 Å². The summed E-state index contributed by atoms with van der Waals surface area (Å²) in [6.45, 7) is 7.89. The lowest BCUT2D eigenvalue weighted by molar-refractivity contribution is 0.0704. The van der Waals surface area contributed by atoms with Crippen LogP contribution in [-0.2, 0) is 5.54 Å². The molecule has 0 saturated carbocycles. The number of aryl methyl sites for hydroxylation is 1. The Morgan fingerprint density at radius 1 is 1.14 bits per heavy atom. The number of halogens is 3. The van der Waals surface area contributed by atoms with Crippen LogP contribution in [0.2, 0.25) is 10.0 Å². The minimum Gasteiger partial charge on any atom is -0.403 e. The lowest BCUT2D eigenvalue weighted by Gasteiger charge is -2.22.